The Kier molecular flexibility index (Phi) is 10.5. The van der Waals surface area contributed by atoms with Gasteiger partial charge in [0, 0.05) is 42.3 Å². The van der Waals surface area contributed by atoms with E-state index in [4.69, 9.17) is 28.3 Å². The molecule has 4 aromatic rings. The Labute approximate surface area is 292 Å². The van der Waals surface area contributed by atoms with Gasteiger partial charge >= 0.3 is 18.3 Å². The number of benzene rings is 2. The maximum Gasteiger partial charge on any atom is 0.416 e. The van der Waals surface area contributed by atoms with Gasteiger partial charge in [0.2, 0.25) is 0 Å². The number of amides is 1. The molecule has 1 unspecified atom stereocenters. The molecule has 0 bridgehead atoms. The van der Waals surface area contributed by atoms with E-state index in [-0.39, 0.29) is 42.7 Å². The molecule has 2 aliphatic rings. The van der Waals surface area contributed by atoms with Gasteiger partial charge in [-0.2, -0.15) is 41.9 Å². The first-order chi connectivity index (χ1) is 23.3. The Hall–Kier alpha value is -3.38. The molecule has 6 rings (SSSR count). The number of carbonyl (C=O) groups excluding carboxylic acids is 1. The highest BCUT2D eigenvalue weighted by Gasteiger charge is 2.44. The van der Waals surface area contributed by atoms with E-state index in [1.54, 1.807) is 29.2 Å². The minimum Gasteiger partial charge on any atom is -0.298 e. The smallest absolute Gasteiger partial charge is 0.298 e. The van der Waals surface area contributed by atoms with Crippen LogP contribution in [0, 0.1) is 17.8 Å². The van der Waals surface area contributed by atoms with Crippen molar-refractivity contribution in [2.75, 3.05) is 26.2 Å². The highest BCUT2D eigenvalue weighted by molar-refractivity contribution is 7.16. The molecule has 2 saturated heterocycles. The molecule has 2 aromatic heterocycles. The molecule has 2 aliphatic heterocycles. The lowest BCUT2D eigenvalue weighted by Gasteiger charge is -2.22. The number of carbonyl (C=O) groups is 1. The summed E-state index contributed by atoms with van der Waals surface area (Å²) in [4.78, 5) is 16.8. The van der Waals surface area contributed by atoms with Gasteiger partial charge in [-0.3, -0.25) is 4.90 Å². The number of halogens is 8. The summed E-state index contributed by atoms with van der Waals surface area (Å²) < 4.78 is 81.5. The lowest BCUT2D eigenvalue weighted by atomic mass is 10.1. The highest BCUT2D eigenvalue weighted by atomic mass is 35.5. The number of thiophene rings is 1. The molecule has 258 valence electrons. The van der Waals surface area contributed by atoms with Crippen LogP contribution in [0.5, 0.6) is 0 Å². The first kappa shape index (κ1) is 35.4. The zero-order valence-electron chi connectivity index (χ0n) is 25.8. The topological polar surface area (TPSA) is 58.0 Å². The maximum atomic E-state index is 13.9. The average Bonchev–Trinajstić information content (AvgIpc) is 3.80. The number of hydrogen-bond donors (Lipinski definition) is 1. The Balaban J connectivity index is 1.43. The molecule has 15 heteroatoms. The van der Waals surface area contributed by atoms with Crippen LogP contribution in [-0.4, -0.2) is 58.0 Å². The van der Waals surface area contributed by atoms with E-state index < -0.39 is 23.8 Å². The van der Waals surface area contributed by atoms with Gasteiger partial charge in [0.25, 0.3) is 0 Å². The molecule has 2 N–H and O–H groups in total. The van der Waals surface area contributed by atoms with Gasteiger partial charge in [-0.05, 0) is 80.4 Å². The molecule has 0 spiro atoms. The molecule has 49 heavy (non-hydrogen) atoms. The zero-order valence-corrected chi connectivity index (χ0v) is 28.2. The molecule has 0 aliphatic carbocycles. The monoisotopic (exact) mass is 740 g/mol. The molecular formula is C34H30Cl2F6N5OS+. The number of alkyl halides is 6. The predicted octanol–water partition coefficient (Wildman–Crippen LogP) is 7.81. The molecule has 4 heterocycles. The van der Waals surface area contributed by atoms with Crippen LogP contribution in [0.4, 0.5) is 26.3 Å². The zero-order chi connectivity index (χ0) is 34.9. The number of quaternary nitrogens is 1. The van der Waals surface area contributed by atoms with Crippen molar-refractivity contribution in [2.24, 2.45) is 5.92 Å². The van der Waals surface area contributed by atoms with Crippen LogP contribution < -0.4 is 5.43 Å². The van der Waals surface area contributed by atoms with Crippen molar-refractivity contribution in [1.29, 1.82) is 0 Å². The summed E-state index contributed by atoms with van der Waals surface area (Å²) in [5, 5.41) is 7.34. The van der Waals surface area contributed by atoms with Crippen LogP contribution in [-0.2, 0) is 12.7 Å². The number of rotatable bonds is 6. The molecule has 2 fully saturated rings. The van der Waals surface area contributed by atoms with E-state index in [1.165, 1.54) is 39.6 Å². The van der Waals surface area contributed by atoms with Crippen molar-refractivity contribution in [3.05, 3.63) is 91.9 Å². The SMILES string of the molecule is O=C([NH2+]N1CCCCC1)c1nn(-c2ccc(Cl)cc2Cl)c(-c2ccc(C#Cc3ccc(C(F)(F)F)cc3)s2)c1CN1CCC(C(F)(F)F)C1. The number of nitrogens with zero attached hydrogens (tertiary/aromatic N) is 4. The maximum absolute atomic E-state index is 13.9. The van der Waals surface area contributed by atoms with Crippen molar-refractivity contribution >= 4 is 40.4 Å². The van der Waals surface area contributed by atoms with Crippen LogP contribution >= 0.6 is 34.5 Å². The van der Waals surface area contributed by atoms with E-state index in [1.807, 2.05) is 5.01 Å². The van der Waals surface area contributed by atoms with Gasteiger partial charge in [-0.15, -0.1) is 11.3 Å². The molecule has 1 atom stereocenters. The number of hydrogen-bond acceptors (Lipinski definition) is 5. The summed E-state index contributed by atoms with van der Waals surface area (Å²) in [5.41, 5.74) is 2.59. The third-order valence-corrected chi connectivity index (χ3v) is 10.1. The third-order valence-electron chi connectivity index (χ3n) is 8.54. The number of piperidine rings is 1. The fraction of sp³-hybridized carbons (Fsp3) is 0.353. The van der Waals surface area contributed by atoms with E-state index in [0.29, 0.717) is 50.4 Å². The van der Waals surface area contributed by atoms with Crippen LogP contribution in [0.25, 0.3) is 16.3 Å². The second-order valence-electron chi connectivity index (χ2n) is 12.0. The third kappa shape index (κ3) is 8.33. The minimum atomic E-state index is -4.46. The van der Waals surface area contributed by atoms with Crippen LogP contribution in [0.15, 0.2) is 54.6 Å². The summed E-state index contributed by atoms with van der Waals surface area (Å²) >= 11 is 14.1. The highest BCUT2D eigenvalue weighted by Crippen LogP contribution is 2.39. The van der Waals surface area contributed by atoms with Crippen LogP contribution in [0.2, 0.25) is 10.0 Å². The molecule has 2 aromatic carbocycles. The van der Waals surface area contributed by atoms with E-state index in [2.05, 4.69) is 11.8 Å². The molecule has 6 nitrogen and oxygen atoms in total. The van der Waals surface area contributed by atoms with Crippen molar-refractivity contribution in [3.63, 3.8) is 0 Å². The Morgan fingerprint density at radius 1 is 0.939 bits per heavy atom. The average molecular weight is 742 g/mol. The quantitative estimate of drug-likeness (QED) is 0.125. The summed E-state index contributed by atoms with van der Waals surface area (Å²) in [5.74, 6) is 4.02. The molecule has 0 radical (unpaired) electrons. The summed E-state index contributed by atoms with van der Waals surface area (Å²) in [6, 6.07) is 12.8. The van der Waals surface area contributed by atoms with Crippen molar-refractivity contribution in [2.45, 2.75) is 44.6 Å². The second-order valence-corrected chi connectivity index (χ2v) is 14.0. The molecule has 0 saturated carbocycles. The lowest BCUT2D eigenvalue weighted by Crippen LogP contribution is -2.97. The van der Waals surface area contributed by atoms with Gasteiger partial charge in [-0.1, -0.05) is 41.5 Å². The number of nitrogens with two attached hydrogens (primary N) is 1. The van der Waals surface area contributed by atoms with Gasteiger partial charge < -0.3 is 0 Å². The number of aromatic nitrogens is 2. The van der Waals surface area contributed by atoms with Crippen molar-refractivity contribution in [3.8, 4) is 28.1 Å². The lowest BCUT2D eigenvalue weighted by molar-refractivity contribution is -0.723. The van der Waals surface area contributed by atoms with E-state index in [9.17, 15) is 31.1 Å². The fourth-order valence-corrected chi connectivity index (χ4v) is 7.43. The van der Waals surface area contributed by atoms with E-state index >= 15 is 0 Å². The Morgan fingerprint density at radius 3 is 2.33 bits per heavy atom. The Bertz CT molecular complexity index is 1890. The summed E-state index contributed by atoms with van der Waals surface area (Å²) in [6.07, 6.45) is -5.91. The summed E-state index contributed by atoms with van der Waals surface area (Å²) in [7, 11) is 0. The van der Waals surface area contributed by atoms with Crippen LogP contribution in [0.1, 0.15) is 57.7 Å². The van der Waals surface area contributed by atoms with E-state index in [0.717, 1.165) is 31.4 Å². The van der Waals surface area contributed by atoms with Crippen LogP contribution in [0.3, 0.4) is 0 Å². The van der Waals surface area contributed by atoms with Gasteiger partial charge in [0.1, 0.15) is 0 Å². The Morgan fingerprint density at radius 2 is 1.67 bits per heavy atom. The number of likely N-dealkylation sites (tertiary alicyclic amines) is 1. The minimum absolute atomic E-state index is 0.0342. The second kappa shape index (κ2) is 14.5. The molecular weight excluding hydrogens is 711 g/mol. The van der Waals surface area contributed by atoms with Crippen molar-refractivity contribution in [1.82, 2.24) is 19.7 Å². The fourth-order valence-electron chi connectivity index (χ4n) is 6.03. The predicted molar refractivity (Wildman–Crippen MR) is 175 cm³/mol. The van der Waals surface area contributed by atoms with Gasteiger partial charge in [-0.25, -0.2) is 9.48 Å². The standard InChI is InChI=1S/C34H29Cl2F6N5OS/c35-24-9-12-28(27(36)18-24)47-31(29-13-11-25(49-29)10-6-21-4-7-22(8-5-21)33(37,38)39)26(20-45-17-14-23(19-45)34(40,41)42)30(43-47)32(48)44-46-15-2-1-3-16-46/h4-5,7-9,11-13,18,23H,1-3,14-17,19-20H2,(H,44,48)/p+1. The first-order valence-corrected chi connectivity index (χ1v) is 17.1. The van der Waals surface area contributed by atoms with Crippen molar-refractivity contribution < 1.29 is 36.6 Å². The largest absolute Gasteiger partial charge is 0.416 e. The van der Waals surface area contributed by atoms with Gasteiger partial charge in [0.15, 0.2) is 5.69 Å². The van der Waals surface area contributed by atoms with Gasteiger partial charge in [0.05, 0.1) is 37.6 Å². The normalized spacial score (nSPS) is 17.7. The molecule has 1 amide bonds. The summed E-state index contributed by atoms with van der Waals surface area (Å²) in [6.45, 7) is 1.43. The first-order valence-electron chi connectivity index (χ1n) is 15.6. The number of primary amides is 1.